The van der Waals surface area contributed by atoms with Crippen LogP contribution < -0.4 is 10.4 Å². The fourth-order valence-corrected chi connectivity index (χ4v) is 10.3. The van der Waals surface area contributed by atoms with Crippen molar-refractivity contribution in [3.8, 4) is 0 Å². The van der Waals surface area contributed by atoms with Crippen molar-refractivity contribution < 1.29 is 47.1 Å². The van der Waals surface area contributed by atoms with Crippen molar-refractivity contribution in [1.82, 2.24) is 0 Å². The second kappa shape index (κ2) is 31.9. The minimum absolute atomic E-state index is 0.0537. The Morgan fingerprint density at radius 1 is 0.385 bits per heavy atom. The van der Waals surface area contributed by atoms with Crippen LogP contribution in [0.15, 0.2) is 60.7 Å². The van der Waals surface area contributed by atoms with Gasteiger partial charge in [0.2, 0.25) is 0 Å². The fraction of sp³-hybridized carbons (Fsp3) is 0.700. The van der Waals surface area contributed by atoms with Crippen LogP contribution in [0, 0.1) is 0 Å². The molecule has 0 saturated carbocycles. The van der Waals surface area contributed by atoms with Crippen molar-refractivity contribution in [1.29, 1.82) is 0 Å². The van der Waals surface area contributed by atoms with Gasteiger partial charge in [-0.05, 0) is 28.3 Å². The zero-order chi connectivity index (χ0) is 37.3. The quantitative estimate of drug-likeness (QED) is 0.0502. The Kier molecular flexibility index (Phi) is 28.6. The number of hydrogen-bond acceptors (Lipinski definition) is 10. The third-order valence-corrected chi connectivity index (χ3v) is 13.4. The van der Waals surface area contributed by atoms with Crippen LogP contribution in [-0.2, 0) is 47.1 Å². The highest BCUT2D eigenvalue weighted by Gasteiger charge is 2.50. The van der Waals surface area contributed by atoms with Crippen molar-refractivity contribution in [3.05, 3.63) is 60.7 Å². The standard InChI is InChI=1S/C40H67ClO10Si/c1-40(2,3)52(38-14-8-6-9-15-38,39-16-10-7-11-17-39)51-37-36-50-35-34-49-33-32-48-31-30-47-29-28-46-27-26-45-25-24-44-23-22-43-21-20-42-19-13-5-4-12-18-41/h6-11,14-17H,4-5,12-13,18-37H2,1-3H3. The maximum Gasteiger partial charge on any atom is 0.261 e. The third-order valence-electron chi connectivity index (χ3n) is 8.11. The highest BCUT2D eigenvalue weighted by Crippen LogP contribution is 2.36. The molecular formula is C40H67ClO10Si. The topological polar surface area (TPSA) is 92.3 Å². The number of halogens is 1. The lowest BCUT2D eigenvalue weighted by atomic mass is 10.2. The van der Waals surface area contributed by atoms with Crippen LogP contribution in [0.1, 0.15) is 46.5 Å². The van der Waals surface area contributed by atoms with E-state index in [-0.39, 0.29) is 5.04 Å². The summed E-state index contributed by atoms with van der Waals surface area (Å²) in [6.07, 6.45) is 4.50. The molecule has 0 bridgehead atoms. The molecule has 0 unspecified atom stereocenters. The van der Waals surface area contributed by atoms with Gasteiger partial charge >= 0.3 is 0 Å². The van der Waals surface area contributed by atoms with Crippen molar-refractivity contribution in [2.24, 2.45) is 0 Å². The van der Waals surface area contributed by atoms with E-state index in [0.29, 0.717) is 119 Å². The molecule has 0 aromatic heterocycles. The van der Waals surface area contributed by atoms with Gasteiger partial charge in [0.1, 0.15) is 0 Å². The summed E-state index contributed by atoms with van der Waals surface area (Å²) in [6, 6.07) is 21.3. The van der Waals surface area contributed by atoms with Gasteiger partial charge in [-0.15, -0.1) is 11.6 Å². The maximum atomic E-state index is 6.85. The average molecular weight is 772 g/mol. The van der Waals surface area contributed by atoms with Gasteiger partial charge in [0.05, 0.1) is 119 Å². The molecule has 2 aromatic carbocycles. The average Bonchev–Trinajstić information content (AvgIpc) is 3.15. The van der Waals surface area contributed by atoms with Crippen LogP contribution in [0.4, 0.5) is 0 Å². The van der Waals surface area contributed by atoms with Crippen LogP contribution in [0.25, 0.3) is 0 Å². The Morgan fingerprint density at radius 2 is 0.673 bits per heavy atom. The van der Waals surface area contributed by atoms with Gasteiger partial charge in [-0.1, -0.05) is 94.3 Å². The molecule has 298 valence electrons. The van der Waals surface area contributed by atoms with E-state index >= 15 is 0 Å². The summed E-state index contributed by atoms with van der Waals surface area (Å²) in [5, 5.41) is 2.49. The molecule has 0 atom stereocenters. The molecule has 0 radical (unpaired) electrons. The third kappa shape index (κ3) is 21.4. The van der Waals surface area contributed by atoms with E-state index < -0.39 is 8.32 Å². The highest BCUT2D eigenvalue weighted by atomic mass is 35.5. The number of hydrogen-bond donors (Lipinski definition) is 0. The molecule has 10 nitrogen and oxygen atoms in total. The van der Waals surface area contributed by atoms with Gasteiger partial charge in [0.15, 0.2) is 0 Å². The number of unbranched alkanes of at least 4 members (excludes halogenated alkanes) is 3. The molecule has 12 heteroatoms. The van der Waals surface area contributed by atoms with Crippen LogP contribution in [0.2, 0.25) is 5.04 Å². The number of alkyl halides is 1. The fourth-order valence-electron chi connectivity index (χ4n) is 5.53. The predicted octanol–water partition coefficient (Wildman–Crippen LogP) is 5.51. The lowest BCUT2D eigenvalue weighted by Crippen LogP contribution is -2.66. The van der Waals surface area contributed by atoms with Crippen molar-refractivity contribution in [2.75, 3.05) is 131 Å². The lowest BCUT2D eigenvalue weighted by Gasteiger charge is -2.43. The Hall–Kier alpha value is -1.45. The summed E-state index contributed by atoms with van der Waals surface area (Å²) in [4.78, 5) is 0. The first-order valence-electron chi connectivity index (χ1n) is 19.0. The van der Waals surface area contributed by atoms with E-state index in [2.05, 4.69) is 81.4 Å². The summed E-state index contributed by atoms with van der Waals surface area (Å²) >= 11 is 5.67. The number of benzene rings is 2. The summed E-state index contributed by atoms with van der Waals surface area (Å²) in [5.74, 6) is 0.744. The molecule has 0 N–H and O–H groups in total. The molecule has 2 rings (SSSR count). The molecule has 0 amide bonds. The van der Waals surface area contributed by atoms with Gasteiger partial charge in [0, 0.05) is 12.5 Å². The summed E-state index contributed by atoms with van der Waals surface area (Å²) in [6.45, 7) is 17.2. The molecule has 2 aromatic rings. The molecular weight excluding hydrogens is 704 g/mol. The monoisotopic (exact) mass is 770 g/mol. The zero-order valence-electron chi connectivity index (χ0n) is 32.2. The SMILES string of the molecule is CC(C)(C)[Si](OCCOCCOCCOCCOCCOCCOCCOCCOCCOCCCCCCCl)(c1ccccc1)c1ccccc1. The summed E-state index contributed by atoms with van der Waals surface area (Å²) in [5.41, 5.74) is 0. The van der Waals surface area contributed by atoms with Gasteiger partial charge in [-0.2, -0.15) is 0 Å². The molecule has 0 spiro atoms. The molecule has 0 aliphatic rings. The normalized spacial score (nSPS) is 12.2. The van der Waals surface area contributed by atoms with Gasteiger partial charge in [0.25, 0.3) is 8.32 Å². The first-order chi connectivity index (χ1) is 25.5. The Bertz CT molecular complexity index is 1010. The minimum Gasteiger partial charge on any atom is -0.405 e. The van der Waals surface area contributed by atoms with Gasteiger partial charge < -0.3 is 47.1 Å². The Balaban J connectivity index is 1.32. The zero-order valence-corrected chi connectivity index (χ0v) is 34.0. The van der Waals surface area contributed by atoms with Crippen LogP contribution in [0.3, 0.4) is 0 Å². The van der Waals surface area contributed by atoms with E-state index in [4.69, 9.17) is 58.7 Å². The largest absolute Gasteiger partial charge is 0.405 e. The van der Waals surface area contributed by atoms with Crippen LogP contribution in [-0.4, -0.2) is 140 Å². The predicted molar refractivity (Wildman–Crippen MR) is 210 cm³/mol. The van der Waals surface area contributed by atoms with E-state index in [0.717, 1.165) is 25.3 Å². The smallest absolute Gasteiger partial charge is 0.261 e. The molecule has 0 aliphatic carbocycles. The van der Waals surface area contributed by atoms with Crippen molar-refractivity contribution >= 4 is 30.3 Å². The number of rotatable bonds is 36. The number of ether oxygens (including phenoxy) is 9. The van der Waals surface area contributed by atoms with Crippen LogP contribution >= 0.6 is 11.6 Å². The van der Waals surface area contributed by atoms with E-state index in [9.17, 15) is 0 Å². The van der Waals surface area contributed by atoms with Crippen molar-refractivity contribution in [3.63, 3.8) is 0 Å². The first-order valence-corrected chi connectivity index (χ1v) is 21.5. The Labute approximate surface area is 320 Å². The van der Waals surface area contributed by atoms with Gasteiger partial charge in [-0.25, -0.2) is 0 Å². The maximum absolute atomic E-state index is 6.85. The lowest BCUT2D eigenvalue weighted by molar-refractivity contribution is -0.0254. The second-order valence-electron chi connectivity index (χ2n) is 13.1. The second-order valence-corrected chi connectivity index (χ2v) is 17.8. The van der Waals surface area contributed by atoms with E-state index in [1.54, 1.807) is 0 Å². The highest BCUT2D eigenvalue weighted by molar-refractivity contribution is 6.99. The molecule has 0 fully saturated rings. The van der Waals surface area contributed by atoms with E-state index in [1.807, 2.05) is 0 Å². The summed E-state index contributed by atoms with van der Waals surface area (Å²) in [7, 11) is -2.54. The molecule has 0 heterocycles. The molecule has 52 heavy (non-hydrogen) atoms. The van der Waals surface area contributed by atoms with Crippen molar-refractivity contribution in [2.45, 2.75) is 51.5 Å². The Morgan fingerprint density at radius 3 is 0.981 bits per heavy atom. The van der Waals surface area contributed by atoms with Crippen LogP contribution in [0.5, 0.6) is 0 Å². The van der Waals surface area contributed by atoms with E-state index in [1.165, 1.54) is 23.2 Å². The summed E-state index contributed by atoms with van der Waals surface area (Å²) < 4.78 is 57.1. The minimum atomic E-state index is -2.54. The van der Waals surface area contributed by atoms with Gasteiger partial charge in [-0.3, -0.25) is 0 Å². The molecule has 0 saturated heterocycles. The first kappa shape index (κ1) is 46.7. The molecule has 0 aliphatic heterocycles.